The molecule has 0 bridgehead atoms. The van der Waals surface area contributed by atoms with Crippen LogP contribution in [0.1, 0.15) is 24.5 Å². The van der Waals surface area contributed by atoms with Gasteiger partial charge in [-0.15, -0.1) is 0 Å². The van der Waals surface area contributed by atoms with E-state index in [2.05, 4.69) is 10.6 Å². The van der Waals surface area contributed by atoms with Crippen molar-refractivity contribution in [3.8, 4) is 11.1 Å². The Morgan fingerprint density at radius 2 is 1.76 bits per heavy atom. The monoisotopic (exact) mass is 348 g/mol. The highest BCUT2D eigenvalue weighted by Gasteiger charge is 2.34. The van der Waals surface area contributed by atoms with Gasteiger partial charge in [-0.25, -0.2) is 0 Å². The number of nitrogens with one attached hydrogen (secondary N) is 2. The Labute approximate surface area is 142 Å². The van der Waals surface area contributed by atoms with E-state index in [-0.39, 0.29) is 11.6 Å². The van der Waals surface area contributed by atoms with Crippen LogP contribution in [0.25, 0.3) is 11.1 Å². The number of rotatable bonds is 2. The molecule has 0 saturated carbocycles. The molecule has 1 aliphatic rings. The molecular weight excluding hydrogens is 333 g/mol. The summed E-state index contributed by atoms with van der Waals surface area (Å²) in [4.78, 5) is 22.6. The predicted octanol–water partition coefficient (Wildman–Crippen LogP) is 4.22. The Balaban J connectivity index is 2.03. The lowest BCUT2D eigenvalue weighted by molar-refractivity contribution is -0.137. The molecule has 130 valence electrons. The second-order valence-corrected chi connectivity index (χ2v) is 5.86. The second-order valence-electron chi connectivity index (χ2n) is 5.86. The topological polar surface area (TPSA) is 58.2 Å². The normalized spacial score (nSPS) is 13.8. The fraction of sp³-hybridized carbons (Fsp3) is 0.222. The Hall–Kier alpha value is -2.83. The molecule has 4 nitrogen and oxygen atoms in total. The van der Waals surface area contributed by atoms with Gasteiger partial charge in [-0.05, 0) is 47.4 Å². The maximum atomic E-state index is 13.1. The van der Waals surface area contributed by atoms with Gasteiger partial charge in [0.25, 0.3) is 0 Å². The average Bonchev–Trinajstić information content (AvgIpc) is 2.52. The molecule has 0 aliphatic carbocycles. The molecule has 0 saturated heterocycles. The number of hydrogen-bond donors (Lipinski definition) is 2. The fourth-order valence-corrected chi connectivity index (χ4v) is 2.83. The molecule has 7 heteroatoms. The van der Waals surface area contributed by atoms with Gasteiger partial charge in [-0.2, -0.15) is 13.2 Å². The van der Waals surface area contributed by atoms with Crippen LogP contribution in [-0.4, -0.2) is 11.8 Å². The molecule has 0 spiro atoms. The largest absolute Gasteiger partial charge is 0.418 e. The molecule has 3 rings (SSSR count). The lowest BCUT2D eigenvalue weighted by atomic mass is 9.96. The molecule has 2 aromatic rings. The van der Waals surface area contributed by atoms with Crippen molar-refractivity contribution >= 4 is 23.2 Å². The zero-order valence-electron chi connectivity index (χ0n) is 13.3. The first kappa shape index (κ1) is 17.0. The minimum Gasteiger partial charge on any atom is -0.326 e. The SMILES string of the molecule is CC(=O)Nc1cc(-c2ccc3c(c2)CCC(=O)N3)ccc1C(F)(F)F. The van der Waals surface area contributed by atoms with Crippen LogP contribution in [0.2, 0.25) is 0 Å². The van der Waals surface area contributed by atoms with Crippen LogP contribution in [0.3, 0.4) is 0 Å². The molecule has 0 unspecified atom stereocenters. The van der Waals surface area contributed by atoms with Crippen LogP contribution < -0.4 is 10.6 Å². The van der Waals surface area contributed by atoms with Crippen LogP contribution >= 0.6 is 0 Å². The number of halogens is 3. The predicted molar refractivity (Wildman–Crippen MR) is 88.1 cm³/mol. The van der Waals surface area contributed by atoms with Gasteiger partial charge >= 0.3 is 6.18 Å². The van der Waals surface area contributed by atoms with Crippen LogP contribution in [0.4, 0.5) is 24.5 Å². The molecule has 25 heavy (non-hydrogen) atoms. The zero-order chi connectivity index (χ0) is 18.2. The van der Waals surface area contributed by atoms with Crippen molar-refractivity contribution in [2.24, 2.45) is 0 Å². The molecular formula is C18H15F3N2O2. The Morgan fingerprint density at radius 1 is 1.08 bits per heavy atom. The third kappa shape index (κ3) is 3.65. The molecule has 0 atom stereocenters. The first-order valence-corrected chi connectivity index (χ1v) is 7.66. The first-order valence-electron chi connectivity index (χ1n) is 7.66. The van der Waals surface area contributed by atoms with E-state index < -0.39 is 17.6 Å². The van der Waals surface area contributed by atoms with Gasteiger partial charge in [-0.3, -0.25) is 9.59 Å². The van der Waals surface area contributed by atoms with E-state index in [1.807, 2.05) is 6.07 Å². The van der Waals surface area contributed by atoms with Crippen LogP contribution in [-0.2, 0) is 22.2 Å². The third-order valence-corrected chi connectivity index (χ3v) is 3.97. The summed E-state index contributed by atoms with van der Waals surface area (Å²) >= 11 is 0. The Morgan fingerprint density at radius 3 is 2.44 bits per heavy atom. The van der Waals surface area contributed by atoms with Gasteiger partial charge < -0.3 is 10.6 Å². The summed E-state index contributed by atoms with van der Waals surface area (Å²) in [5.41, 5.74) is 1.75. The van der Waals surface area contributed by atoms with E-state index in [1.165, 1.54) is 12.1 Å². The number of benzene rings is 2. The lowest BCUT2D eigenvalue weighted by Gasteiger charge is -2.18. The van der Waals surface area contributed by atoms with E-state index in [1.54, 1.807) is 12.1 Å². The standard InChI is InChI=1S/C18H15F3N2O2/c1-10(24)22-16-9-12(2-5-14(16)18(19,20)21)11-3-6-15-13(8-11)4-7-17(25)23-15/h2-3,5-6,8-9H,4,7H2,1H3,(H,22,24)(H,23,25). The molecule has 0 radical (unpaired) electrons. The average molecular weight is 348 g/mol. The summed E-state index contributed by atoms with van der Waals surface area (Å²) in [7, 11) is 0. The smallest absolute Gasteiger partial charge is 0.326 e. The van der Waals surface area contributed by atoms with E-state index in [4.69, 9.17) is 0 Å². The highest BCUT2D eigenvalue weighted by Crippen LogP contribution is 2.38. The third-order valence-electron chi connectivity index (χ3n) is 3.97. The highest BCUT2D eigenvalue weighted by atomic mass is 19.4. The summed E-state index contributed by atoms with van der Waals surface area (Å²) in [5.74, 6) is -0.626. The van der Waals surface area contributed by atoms with Gasteiger partial charge in [0.15, 0.2) is 0 Å². The first-order chi connectivity index (χ1) is 11.7. The quantitative estimate of drug-likeness (QED) is 0.854. The maximum absolute atomic E-state index is 13.1. The Bertz CT molecular complexity index is 860. The molecule has 0 fully saturated rings. The van der Waals surface area contributed by atoms with Crippen molar-refractivity contribution in [1.29, 1.82) is 0 Å². The van der Waals surface area contributed by atoms with Gasteiger partial charge in [0.05, 0.1) is 11.3 Å². The van der Waals surface area contributed by atoms with E-state index in [0.29, 0.717) is 24.1 Å². The summed E-state index contributed by atoms with van der Waals surface area (Å²) in [6.45, 7) is 1.16. The number of fused-ring (bicyclic) bond motifs is 1. The number of carbonyl (C=O) groups is 2. The maximum Gasteiger partial charge on any atom is 0.418 e. The van der Waals surface area contributed by atoms with Crippen LogP contribution in [0.5, 0.6) is 0 Å². The zero-order valence-corrected chi connectivity index (χ0v) is 13.3. The summed E-state index contributed by atoms with van der Waals surface area (Å²) in [6, 6.07) is 8.95. The fourth-order valence-electron chi connectivity index (χ4n) is 2.83. The number of hydrogen-bond acceptors (Lipinski definition) is 2. The van der Waals surface area contributed by atoms with E-state index in [9.17, 15) is 22.8 Å². The highest BCUT2D eigenvalue weighted by molar-refractivity contribution is 5.94. The van der Waals surface area contributed by atoms with Gasteiger partial charge in [0.2, 0.25) is 11.8 Å². The summed E-state index contributed by atoms with van der Waals surface area (Å²) < 4.78 is 39.3. The number of alkyl halides is 3. The van der Waals surface area contributed by atoms with Crippen molar-refractivity contribution in [1.82, 2.24) is 0 Å². The molecule has 2 N–H and O–H groups in total. The van der Waals surface area contributed by atoms with Crippen molar-refractivity contribution in [2.75, 3.05) is 10.6 Å². The number of anilines is 2. The minimum atomic E-state index is -4.56. The molecule has 2 aromatic carbocycles. The van der Waals surface area contributed by atoms with Crippen molar-refractivity contribution in [3.63, 3.8) is 0 Å². The van der Waals surface area contributed by atoms with E-state index in [0.717, 1.165) is 24.1 Å². The number of amides is 2. The second kappa shape index (κ2) is 6.23. The van der Waals surface area contributed by atoms with Gasteiger partial charge in [0.1, 0.15) is 0 Å². The van der Waals surface area contributed by atoms with Crippen LogP contribution in [0, 0.1) is 0 Å². The summed E-state index contributed by atoms with van der Waals surface area (Å²) in [5, 5.41) is 5.00. The van der Waals surface area contributed by atoms with Crippen molar-refractivity contribution < 1.29 is 22.8 Å². The molecule has 1 aliphatic heterocycles. The van der Waals surface area contributed by atoms with E-state index >= 15 is 0 Å². The molecule has 2 amide bonds. The van der Waals surface area contributed by atoms with Gasteiger partial charge in [0, 0.05) is 19.0 Å². The Kier molecular flexibility index (Phi) is 4.24. The minimum absolute atomic E-state index is 0.0530. The number of carbonyl (C=O) groups excluding carboxylic acids is 2. The summed E-state index contributed by atoms with van der Waals surface area (Å²) in [6.07, 6.45) is -3.61. The molecule has 1 heterocycles. The van der Waals surface area contributed by atoms with Crippen molar-refractivity contribution in [2.45, 2.75) is 25.9 Å². The van der Waals surface area contributed by atoms with Crippen LogP contribution in [0.15, 0.2) is 36.4 Å². The van der Waals surface area contributed by atoms with Gasteiger partial charge in [-0.1, -0.05) is 12.1 Å². The van der Waals surface area contributed by atoms with Crippen molar-refractivity contribution in [3.05, 3.63) is 47.5 Å². The number of aryl methyl sites for hydroxylation is 1. The molecule has 0 aromatic heterocycles. The lowest BCUT2D eigenvalue weighted by Crippen LogP contribution is -2.18.